The topological polar surface area (TPSA) is 0 Å². The molecule has 0 heterocycles. The lowest BCUT2D eigenvalue weighted by molar-refractivity contribution is 0.314. The van der Waals surface area contributed by atoms with Gasteiger partial charge in [-0.3, -0.25) is 0 Å². The maximum atomic E-state index is 2.42. The minimum Gasteiger partial charge on any atom is -0.0625 e. The van der Waals surface area contributed by atoms with Crippen molar-refractivity contribution in [3.05, 3.63) is 0 Å². The summed E-state index contributed by atoms with van der Waals surface area (Å²) in [6.07, 6.45) is 17.9. The lowest BCUT2D eigenvalue weighted by Crippen LogP contribution is -2.08. The standard InChI is InChI=1S/C16H32/c1-15(2)16-13-11-9-7-5-3-4-6-8-10-12-14-16/h15-16H,3-14H2,1-2H3. The SMILES string of the molecule is CC(C)C1CCCCCCCCCCCC1. The second-order valence-electron chi connectivity index (χ2n) is 6.12. The van der Waals surface area contributed by atoms with E-state index in [2.05, 4.69) is 13.8 Å². The van der Waals surface area contributed by atoms with Crippen LogP contribution >= 0.6 is 0 Å². The van der Waals surface area contributed by atoms with E-state index < -0.39 is 0 Å². The van der Waals surface area contributed by atoms with Gasteiger partial charge >= 0.3 is 0 Å². The first kappa shape index (κ1) is 14.1. The molecule has 0 unspecified atom stereocenters. The molecule has 0 aromatic carbocycles. The van der Waals surface area contributed by atoms with Crippen LogP contribution in [-0.4, -0.2) is 0 Å². The van der Waals surface area contributed by atoms with Crippen LogP contribution in [0.5, 0.6) is 0 Å². The third-order valence-corrected chi connectivity index (χ3v) is 4.34. The van der Waals surface area contributed by atoms with Crippen LogP contribution in [0.1, 0.15) is 90.9 Å². The fourth-order valence-corrected chi connectivity index (χ4v) is 3.04. The minimum atomic E-state index is 0.908. The molecule has 0 nitrogen and oxygen atoms in total. The van der Waals surface area contributed by atoms with Crippen molar-refractivity contribution in [3.63, 3.8) is 0 Å². The lowest BCUT2D eigenvalue weighted by atomic mass is 9.86. The molecule has 0 amide bonds. The smallest absolute Gasteiger partial charge is 0.0391 e. The first-order chi connectivity index (χ1) is 7.80. The second kappa shape index (κ2) is 9.07. The zero-order valence-electron chi connectivity index (χ0n) is 11.6. The van der Waals surface area contributed by atoms with Gasteiger partial charge in [0.1, 0.15) is 0 Å². The highest BCUT2D eigenvalue weighted by atomic mass is 14.2. The molecule has 1 rings (SSSR count). The zero-order chi connectivity index (χ0) is 11.6. The van der Waals surface area contributed by atoms with E-state index in [1.807, 2.05) is 0 Å². The van der Waals surface area contributed by atoms with Gasteiger partial charge in [0, 0.05) is 0 Å². The van der Waals surface area contributed by atoms with Crippen molar-refractivity contribution in [2.24, 2.45) is 11.8 Å². The third-order valence-electron chi connectivity index (χ3n) is 4.34. The molecule has 0 atom stereocenters. The summed E-state index contributed by atoms with van der Waals surface area (Å²) in [4.78, 5) is 0. The van der Waals surface area contributed by atoms with Crippen LogP contribution < -0.4 is 0 Å². The molecule has 0 aromatic rings. The normalized spacial score (nSPS) is 23.4. The molecular weight excluding hydrogens is 192 g/mol. The first-order valence-corrected chi connectivity index (χ1v) is 7.80. The Morgan fingerprint density at radius 3 is 1.19 bits per heavy atom. The average Bonchev–Trinajstić information content (AvgIpc) is 2.28. The quantitative estimate of drug-likeness (QED) is 0.516. The van der Waals surface area contributed by atoms with Crippen molar-refractivity contribution in [1.29, 1.82) is 0 Å². The number of hydrogen-bond donors (Lipinski definition) is 0. The molecular formula is C16H32. The Bertz CT molecular complexity index is 134. The number of rotatable bonds is 1. The Balaban J connectivity index is 2.26. The molecule has 16 heavy (non-hydrogen) atoms. The second-order valence-corrected chi connectivity index (χ2v) is 6.12. The Morgan fingerprint density at radius 1 is 0.562 bits per heavy atom. The largest absolute Gasteiger partial charge is 0.0625 e. The summed E-state index contributed by atoms with van der Waals surface area (Å²) in [6, 6.07) is 0. The highest BCUT2D eigenvalue weighted by molar-refractivity contribution is 4.64. The van der Waals surface area contributed by atoms with Gasteiger partial charge in [0.15, 0.2) is 0 Å². The summed E-state index contributed by atoms with van der Waals surface area (Å²) in [6.45, 7) is 4.84. The van der Waals surface area contributed by atoms with Gasteiger partial charge in [0.05, 0.1) is 0 Å². The predicted octanol–water partition coefficient (Wildman–Crippen LogP) is 5.95. The van der Waals surface area contributed by atoms with Crippen LogP contribution in [0.4, 0.5) is 0 Å². The van der Waals surface area contributed by atoms with Gasteiger partial charge in [-0.1, -0.05) is 90.9 Å². The van der Waals surface area contributed by atoms with Crippen LogP contribution in [0.3, 0.4) is 0 Å². The minimum absolute atomic E-state index is 0.908. The summed E-state index contributed by atoms with van der Waals surface area (Å²) in [5, 5.41) is 0. The average molecular weight is 224 g/mol. The highest BCUT2D eigenvalue weighted by Crippen LogP contribution is 2.26. The van der Waals surface area contributed by atoms with Crippen molar-refractivity contribution in [2.45, 2.75) is 90.9 Å². The van der Waals surface area contributed by atoms with Crippen LogP contribution in [0.25, 0.3) is 0 Å². The summed E-state index contributed by atoms with van der Waals surface area (Å²) in [5.74, 6) is 1.92. The van der Waals surface area contributed by atoms with Crippen LogP contribution in [0, 0.1) is 11.8 Å². The Kier molecular flexibility index (Phi) is 7.98. The monoisotopic (exact) mass is 224 g/mol. The molecule has 1 aliphatic rings. The summed E-state index contributed by atoms with van der Waals surface area (Å²) < 4.78 is 0. The fraction of sp³-hybridized carbons (Fsp3) is 1.00. The van der Waals surface area contributed by atoms with E-state index >= 15 is 0 Å². The van der Waals surface area contributed by atoms with Crippen LogP contribution in [0.2, 0.25) is 0 Å². The van der Waals surface area contributed by atoms with Crippen molar-refractivity contribution in [2.75, 3.05) is 0 Å². The molecule has 0 heteroatoms. The van der Waals surface area contributed by atoms with Crippen LogP contribution in [0.15, 0.2) is 0 Å². The predicted molar refractivity (Wildman–Crippen MR) is 73.7 cm³/mol. The van der Waals surface area contributed by atoms with Crippen molar-refractivity contribution < 1.29 is 0 Å². The maximum Gasteiger partial charge on any atom is -0.0391 e. The van der Waals surface area contributed by atoms with Crippen molar-refractivity contribution in [3.8, 4) is 0 Å². The van der Waals surface area contributed by atoms with Crippen molar-refractivity contribution >= 4 is 0 Å². The molecule has 0 spiro atoms. The van der Waals surface area contributed by atoms with Gasteiger partial charge < -0.3 is 0 Å². The molecule has 1 saturated carbocycles. The molecule has 0 saturated heterocycles. The Morgan fingerprint density at radius 2 is 0.875 bits per heavy atom. The van der Waals surface area contributed by atoms with Crippen LogP contribution in [-0.2, 0) is 0 Å². The zero-order valence-corrected chi connectivity index (χ0v) is 11.6. The van der Waals surface area contributed by atoms with Gasteiger partial charge in [-0.2, -0.15) is 0 Å². The van der Waals surface area contributed by atoms with Gasteiger partial charge in [0.25, 0.3) is 0 Å². The molecule has 0 aromatic heterocycles. The maximum absolute atomic E-state index is 2.42. The lowest BCUT2D eigenvalue weighted by Gasteiger charge is -2.20. The van der Waals surface area contributed by atoms with E-state index in [1.165, 1.54) is 77.0 Å². The summed E-state index contributed by atoms with van der Waals surface area (Å²) in [5.41, 5.74) is 0. The molecule has 0 aliphatic heterocycles. The van der Waals surface area contributed by atoms with E-state index in [9.17, 15) is 0 Å². The third kappa shape index (κ3) is 6.55. The van der Waals surface area contributed by atoms with Gasteiger partial charge in [-0.15, -0.1) is 0 Å². The van der Waals surface area contributed by atoms with E-state index in [0.717, 1.165) is 11.8 Å². The summed E-state index contributed by atoms with van der Waals surface area (Å²) >= 11 is 0. The van der Waals surface area contributed by atoms with Gasteiger partial charge in [-0.05, 0) is 11.8 Å². The van der Waals surface area contributed by atoms with E-state index in [-0.39, 0.29) is 0 Å². The highest BCUT2D eigenvalue weighted by Gasteiger charge is 2.12. The van der Waals surface area contributed by atoms with Gasteiger partial charge in [-0.25, -0.2) is 0 Å². The van der Waals surface area contributed by atoms with Gasteiger partial charge in [0.2, 0.25) is 0 Å². The molecule has 1 aliphatic carbocycles. The van der Waals surface area contributed by atoms with E-state index in [1.54, 1.807) is 0 Å². The van der Waals surface area contributed by atoms with Crippen molar-refractivity contribution in [1.82, 2.24) is 0 Å². The molecule has 0 radical (unpaired) electrons. The van der Waals surface area contributed by atoms with E-state index in [4.69, 9.17) is 0 Å². The Hall–Kier alpha value is 0. The number of hydrogen-bond acceptors (Lipinski definition) is 0. The Labute approximate surface area is 103 Å². The summed E-state index contributed by atoms with van der Waals surface area (Å²) in [7, 11) is 0. The molecule has 0 N–H and O–H groups in total. The fourth-order valence-electron chi connectivity index (χ4n) is 3.04. The van der Waals surface area contributed by atoms with E-state index in [0.29, 0.717) is 0 Å². The first-order valence-electron chi connectivity index (χ1n) is 7.80. The molecule has 1 fully saturated rings. The molecule has 0 bridgehead atoms. The molecule has 96 valence electrons.